The smallest absolute Gasteiger partial charge is 0.257 e. The molecule has 0 bridgehead atoms. The highest BCUT2D eigenvalue weighted by molar-refractivity contribution is 6.20. The molecule has 1 saturated carbocycles. The Hall–Kier alpha value is -1.23. The predicted molar refractivity (Wildman–Crippen MR) is 65.7 cm³/mol. The Kier molecular flexibility index (Phi) is 4.34. The Labute approximate surface area is 113 Å². The van der Waals surface area contributed by atoms with Gasteiger partial charge in [0.25, 0.3) is 5.91 Å². The van der Waals surface area contributed by atoms with Crippen molar-refractivity contribution in [3.05, 3.63) is 35.1 Å². The molecule has 19 heavy (non-hydrogen) atoms. The van der Waals surface area contributed by atoms with Gasteiger partial charge in [-0.2, -0.15) is 0 Å². The van der Waals surface area contributed by atoms with Crippen molar-refractivity contribution in [2.24, 2.45) is 0 Å². The Morgan fingerprint density at radius 1 is 1.11 bits per heavy atom. The number of alkyl halides is 1. The molecule has 2 nitrogen and oxygen atoms in total. The van der Waals surface area contributed by atoms with E-state index in [9.17, 15) is 18.0 Å². The van der Waals surface area contributed by atoms with Gasteiger partial charge in [0, 0.05) is 23.6 Å². The fraction of sp³-hybridized carbons (Fsp3) is 0.462. The lowest BCUT2D eigenvalue weighted by Gasteiger charge is -2.25. The fourth-order valence-electron chi connectivity index (χ4n) is 2.21. The van der Waals surface area contributed by atoms with Crippen molar-refractivity contribution >= 4 is 17.5 Å². The molecule has 0 unspecified atom stereocenters. The van der Waals surface area contributed by atoms with E-state index in [1.54, 1.807) is 0 Å². The first-order valence-corrected chi connectivity index (χ1v) is 6.50. The van der Waals surface area contributed by atoms with E-state index in [1.807, 2.05) is 0 Å². The van der Waals surface area contributed by atoms with Crippen LogP contribution in [0.25, 0.3) is 0 Å². The zero-order valence-electron chi connectivity index (χ0n) is 10.1. The molecule has 1 aromatic rings. The summed E-state index contributed by atoms with van der Waals surface area (Å²) in [5, 5.41) is 2.65. The molecule has 0 aliphatic heterocycles. The number of halogens is 4. The second kappa shape index (κ2) is 5.82. The monoisotopic (exact) mass is 291 g/mol. The highest BCUT2D eigenvalue weighted by Gasteiger charge is 2.24. The summed E-state index contributed by atoms with van der Waals surface area (Å²) in [6.45, 7) is 0. The fourth-order valence-corrected chi connectivity index (χ4v) is 2.47. The van der Waals surface area contributed by atoms with Crippen LogP contribution < -0.4 is 5.32 Å². The first-order valence-electron chi connectivity index (χ1n) is 6.07. The number of rotatable bonds is 2. The largest absolute Gasteiger partial charge is 0.349 e. The first kappa shape index (κ1) is 14.2. The van der Waals surface area contributed by atoms with Gasteiger partial charge >= 0.3 is 0 Å². The quantitative estimate of drug-likeness (QED) is 0.832. The van der Waals surface area contributed by atoms with E-state index in [0.29, 0.717) is 25.0 Å². The van der Waals surface area contributed by atoms with E-state index in [4.69, 9.17) is 11.6 Å². The third kappa shape index (κ3) is 3.41. The van der Waals surface area contributed by atoms with Crippen LogP contribution >= 0.6 is 11.6 Å². The molecular weight excluding hydrogens is 279 g/mol. The first-order chi connectivity index (χ1) is 8.97. The van der Waals surface area contributed by atoms with Crippen molar-refractivity contribution in [1.82, 2.24) is 5.32 Å². The summed E-state index contributed by atoms with van der Waals surface area (Å²) in [4.78, 5) is 11.8. The number of carbonyl (C=O) groups excluding carboxylic acids is 1. The molecule has 1 fully saturated rings. The van der Waals surface area contributed by atoms with E-state index in [1.165, 1.54) is 0 Å². The zero-order chi connectivity index (χ0) is 14.0. The lowest BCUT2D eigenvalue weighted by Crippen LogP contribution is -2.38. The highest BCUT2D eigenvalue weighted by Crippen LogP contribution is 2.23. The maximum absolute atomic E-state index is 13.4. The Morgan fingerprint density at radius 3 is 2.16 bits per heavy atom. The van der Waals surface area contributed by atoms with Crippen molar-refractivity contribution < 1.29 is 18.0 Å². The molecule has 0 heterocycles. The van der Waals surface area contributed by atoms with Crippen LogP contribution in [0, 0.1) is 17.5 Å². The molecule has 6 heteroatoms. The third-order valence-electron chi connectivity index (χ3n) is 3.23. The van der Waals surface area contributed by atoms with Crippen LogP contribution in [0.15, 0.2) is 12.1 Å². The summed E-state index contributed by atoms with van der Waals surface area (Å²) in [6.07, 6.45) is 2.84. The topological polar surface area (TPSA) is 29.1 Å². The van der Waals surface area contributed by atoms with Crippen LogP contribution in [0.3, 0.4) is 0 Å². The SMILES string of the molecule is O=C(NC1CCC(Cl)CC1)c1c(F)cc(F)cc1F. The average Bonchev–Trinajstić information content (AvgIpc) is 2.30. The lowest BCUT2D eigenvalue weighted by atomic mass is 9.95. The summed E-state index contributed by atoms with van der Waals surface area (Å²) < 4.78 is 39.6. The van der Waals surface area contributed by atoms with Gasteiger partial charge in [0.2, 0.25) is 0 Å². The van der Waals surface area contributed by atoms with Gasteiger partial charge in [-0.1, -0.05) is 0 Å². The van der Waals surface area contributed by atoms with E-state index < -0.39 is 28.9 Å². The number of hydrogen-bond acceptors (Lipinski definition) is 1. The molecule has 0 radical (unpaired) electrons. The van der Waals surface area contributed by atoms with Gasteiger partial charge in [0.15, 0.2) is 0 Å². The van der Waals surface area contributed by atoms with Crippen LogP contribution in [0.4, 0.5) is 13.2 Å². The van der Waals surface area contributed by atoms with Crippen molar-refractivity contribution in [3.63, 3.8) is 0 Å². The van der Waals surface area contributed by atoms with Crippen LogP contribution in [-0.2, 0) is 0 Å². The molecule has 1 aliphatic rings. The number of benzene rings is 1. The molecule has 1 amide bonds. The summed E-state index contributed by atoms with van der Waals surface area (Å²) in [7, 11) is 0. The van der Waals surface area contributed by atoms with Crippen molar-refractivity contribution in [2.45, 2.75) is 37.1 Å². The molecule has 1 aliphatic carbocycles. The normalized spacial score (nSPS) is 23.2. The molecule has 1 aromatic carbocycles. The molecule has 0 aromatic heterocycles. The van der Waals surface area contributed by atoms with Gasteiger partial charge < -0.3 is 5.32 Å². The number of nitrogens with one attached hydrogen (secondary N) is 1. The van der Waals surface area contributed by atoms with Gasteiger partial charge in [-0.15, -0.1) is 11.6 Å². The Balaban J connectivity index is 2.08. The van der Waals surface area contributed by atoms with Gasteiger partial charge in [-0.25, -0.2) is 13.2 Å². The molecule has 104 valence electrons. The highest BCUT2D eigenvalue weighted by atomic mass is 35.5. The minimum absolute atomic E-state index is 0.0902. The Morgan fingerprint density at radius 2 is 1.63 bits per heavy atom. The Bertz CT molecular complexity index is 464. The summed E-state index contributed by atoms with van der Waals surface area (Å²) in [5.74, 6) is -4.29. The minimum Gasteiger partial charge on any atom is -0.349 e. The van der Waals surface area contributed by atoms with E-state index >= 15 is 0 Å². The maximum Gasteiger partial charge on any atom is 0.257 e. The average molecular weight is 292 g/mol. The summed E-state index contributed by atoms with van der Waals surface area (Å²) in [6, 6.07) is 0.841. The molecule has 1 N–H and O–H groups in total. The van der Waals surface area contributed by atoms with Crippen LogP contribution in [-0.4, -0.2) is 17.3 Å². The predicted octanol–water partition coefficient (Wildman–Crippen LogP) is 3.38. The number of hydrogen-bond donors (Lipinski definition) is 1. The standard InChI is InChI=1S/C13H13ClF3NO/c14-7-1-3-9(4-2-7)18-13(19)12-10(16)5-8(15)6-11(12)17/h5-7,9H,1-4H2,(H,18,19). The van der Waals surface area contributed by atoms with Crippen molar-refractivity contribution in [2.75, 3.05) is 0 Å². The van der Waals surface area contributed by atoms with Gasteiger partial charge in [-0.3, -0.25) is 4.79 Å². The zero-order valence-corrected chi connectivity index (χ0v) is 10.8. The molecule has 0 spiro atoms. The van der Waals surface area contributed by atoms with E-state index in [-0.39, 0.29) is 11.4 Å². The molecule has 0 atom stereocenters. The van der Waals surface area contributed by atoms with E-state index in [0.717, 1.165) is 12.8 Å². The number of carbonyl (C=O) groups is 1. The molecule has 0 saturated heterocycles. The van der Waals surface area contributed by atoms with Crippen LogP contribution in [0.1, 0.15) is 36.0 Å². The second-order valence-corrected chi connectivity index (χ2v) is 5.28. The third-order valence-corrected chi connectivity index (χ3v) is 3.66. The molecule has 2 rings (SSSR count). The molecular formula is C13H13ClF3NO. The number of amides is 1. The second-order valence-electron chi connectivity index (χ2n) is 4.67. The summed E-state index contributed by atoms with van der Waals surface area (Å²) in [5.41, 5.74) is -0.741. The summed E-state index contributed by atoms with van der Waals surface area (Å²) >= 11 is 5.93. The van der Waals surface area contributed by atoms with Crippen LogP contribution in [0.5, 0.6) is 0 Å². The minimum atomic E-state index is -1.19. The maximum atomic E-state index is 13.4. The van der Waals surface area contributed by atoms with Gasteiger partial charge in [-0.05, 0) is 25.7 Å². The lowest BCUT2D eigenvalue weighted by molar-refractivity contribution is 0.0919. The van der Waals surface area contributed by atoms with Crippen molar-refractivity contribution in [1.29, 1.82) is 0 Å². The van der Waals surface area contributed by atoms with Crippen LogP contribution in [0.2, 0.25) is 0 Å². The van der Waals surface area contributed by atoms with Gasteiger partial charge in [0.05, 0.1) is 0 Å². The van der Waals surface area contributed by atoms with Crippen molar-refractivity contribution in [3.8, 4) is 0 Å². The van der Waals surface area contributed by atoms with Gasteiger partial charge in [0.1, 0.15) is 23.0 Å². The van der Waals surface area contributed by atoms with E-state index in [2.05, 4.69) is 5.32 Å².